The van der Waals surface area contributed by atoms with Crippen molar-refractivity contribution in [3.05, 3.63) is 35.6 Å². The molecule has 18 heavy (non-hydrogen) atoms. The van der Waals surface area contributed by atoms with Gasteiger partial charge in [0.05, 0.1) is 6.61 Å². The van der Waals surface area contributed by atoms with Gasteiger partial charge in [-0.1, -0.05) is 18.2 Å². The fraction of sp³-hybridized carbons (Fsp3) is 0.333. The number of hydrogen-bond acceptors (Lipinski definition) is 3. The molecule has 0 spiro atoms. The van der Waals surface area contributed by atoms with Gasteiger partial charge in [0.15, 0.2) is 6.04 Å². The second kappa shape index (κ2) is 6.70. The van der Waals surface area contributed by atoms with Crippen LogP contribution in [0.2, 0.25) is 0 Å². The Balaban J connectivity index is 2.81. The molecule has 0 aliphatic carbocycles. The Kier molecular flexibility index (Phi) is 5.26. The molecule has 98 valence electrons. The Morgan fingerprint density at radius 1 is 1.44 bits per heavy atom. The highest BCUT2D eigenvalue weighted by Crippen LogP contribution is 2.17. The minimum Gasteiger partial charge on any atom is -0.479 e. The Labute approximate surface area is 104 Å². The molecule has 0 aromatic heterocycles. The lowest BCUT2D eigenvalue weighted by Gasteiger charge is -2.15. The maximum Gasteiger partial charge on any atom is 0.331 e. The molecule has 6 heteroatoms. The summed E-state index contributed by atoms with van der Waals surface area (Å²) in [6.07, 6.45) is 0.0226. The molecule has 0 saturated carbocycles. The van der Waals surface area contributed by atoms with Crippen LogP contribution < -0.4 is 5.32 Å². The summed E-state index contributed by atoms with van der Waals surface area (Å²) < 4.78 is 18.2. The van der Waals surface area contributed by atoms with Gasteiger partial charge in [-0.2, -0.15) is 0 Å². The van der Waals surface area contributed by atoms with E-state index in [1.165, 1.54) is 25.3 Å². The summed E-state index contributed by atoms with van der Waals surface area (Å²) in [5, 5.41) is 11.3. The van der Waals surface area contributed by atoms with Crippen LogP contribution in [0.3, 0.4) is 0 Å². The molecule has 5 nitrogen and oxygen atoms in total. The molecular weight excluding hydrogens is 241 g/mol. The van der Waals surface area contributed by atoms with Crippen LogP contribution in [-0.4, -0.2) is 30.7 Å². The van der Waals surface area contributed by atoms with E-state index < -0.39 is 23.7 Å². The topological polar surface area (TPSA) is 75.6 Å². The molecular formula is C12H14FNO4. The third-order valence-corrected chi connectivity index (χ3v) is 2.30. The lowest BCUT2D eigenvalue weighted by atomic mass is 10.1. The Bertz CT molecular complexity index is 436. The number of ether oxygens (including phenoxy) is 1. The zero-order chi connectivity index (χ0) is 13.5. The third-order valence-electron chi connectivity index (χ3n) is 2.30. The summed E-state index contributed by atoms with van der Waals surface area (Å²) >= 11 is 0. The SMILES string of the molecule is COCCC(=O)NC(C(=O)O)c1ccccc1F. The number of amides is 1. The highest BCUT2D eigenvalue weighted by Gasteiger charge is 2.24. The highest BCUT2D eigenvalue weighted by atomic mass is 19.1. The standard InChI is InChI=1S/C12H14FNO4/c1-18-7-6-10(15)14-11(12(16)17)8-4-2-3-5-9(8)13/h2-5,11H,6-7H2,1H3,(H,14,15)(H,16,17). The number of methoxy groups -OCH3 is 1. The maximum atomic E-state index is 13.5. The summed E-state index contributed by atoms with van der Waals surface area (Å²) in [5.74, 6) is -2.49. The molecule has 1 atom stereocenters. The maximum absolute atomic E-state index is 13.5. The molecule has 0 radical (unpaired) electrons. The van der Waals surface area contributed by atoms with Gasteiger partial charge in [-0.05, 0) is 6.07 Å². The number of nitrogens with one attached hydrogen (secondary N) is 1. The van der Waals surface area contributed by atoms with E-state index in [0.717, 1.165) is 6.07 Å². The summed E-state index contributed by atoms with van der Waals surface area (Å²) in [7, 11) is 1.43. The first-order valence-electron chi connectivity index (χ1n) is 5.31. The van der Waals surface area contributed by atoms with Crippen LogP contribution in [-0.2, 0) is 14.3 Å². The predicted octanol–water partition coefficient (Wildman–Crippen LogP) is 1.10. The van der Waals surface area contributed by atoms with E-state index in [4.69, 9.17) is 9.84 Å². The molecule has 0 saturated heterocycles. The van der Waals surface area contributed by atoms with Crippen LogP contribution in [0.25, 0.3) is 0 Å². The van der Waals surface area contributed by atoms with E-state index in [0.29, 0.717) is 0 Å². The second-order valence-electron chi connectivity index (χ2n) is 3.60. The van der Waals surface area contributed by atoms with Crippen molar-refractivity contribution in [2.45, 2.75) is 12.5 Å². The molecule has 1 aromatic rings. The van der Waals surface area contributed by atoms with Gasteiger partial charge in [0.1, 0.15) is 5.82 Å². The summed E-state index contributed by atoms with van der Waals surface area (Å²) in [6.45, 7) is 0.176. The lowest BCUT2D eigenvalue weighted by molar-refractivity contribution is -0.142. The van der Waals surface area contributed by atoms with Gasteiger partial charge in [-0.3, -0.25) is 4.79 Å². The molecule has 1 aromatic carbocycles. The zero-order valence-electron chi connectivity index (χ0n) is 9.85. The van der Waals surface area contributed by atoms with Crippen molar-refractivity contribution in [1.82, 2.24) is 5.32 Å². The Hall–Kier alpha value is -1.95. The first-order chi connectivity index (χ1) is 8.56. The Morgan fingerprint density at radius 2 is 2.11 bits per heavy atom. The van der Waals surface area contributed by atoms with Gasteiger partial charge in [-0.15, -0.1) is 0 Å². The monoisotopic (exact) mass is 255 g/mol. The molecule has 0 heterocycles. The van der Waals surface area contributed by atoms with Gasteiger partial charge in [-0.25, -0.2) is 9.18 Å². The minimum atomic E-state index is -1.39. The van der Waals surface area contributed by atoms with E-state index in [1.807, 2.05) is 0 Å². The van der Waals surface area contributed by atoms with E-state index >= 15 is 0 Å². The number of carbonyl (C=O) groups excluding carboxylic acids is 1. The normalized spacial score (nSPS) is 11.9. The molecule has 0 fully saturated rings. The first-order valence-corrected chi connectivity index (χ1v) is 5.31. The largest absolute Gasteiger partial charge is 0.479 e. The molecule has 0 bridgehead atoms. The van der Waals surface area contributed by atoms with E-state index in [9.17, 15) is 14.0 Å². The molecule has 1 amide bonds. The van der Waals surface area contributed by atoms with Crippen molar-refractivity contribution in [2.24, 2.45) is 0 Å². The van der Waals surface area contributed by atoms with Crippen LogP contribution >= 0.6 is 0 Å². The molecule has 0 aliphatic rings. The number of carboxylic acids is 1. The second-order valence-corrected chi connectivity index (χ2v) is 3.60. The fourth-order valence-electron chi connectivity index (χ4n) is 1.41. The number of hydrogen-bond donors (Lipinski definition) is 2. The minimum absolute atomic E-state index is 0.0226. The van der Waals surface area contributed by atoms with Crippen LogP contribution in [0.5, 0.6) is 0 Å². The number of carbonyl (C=O) groups is 2. The lowest BCUT2D eigenvalue weighted by Crippen LogP contribution is -2.34. The van der Waals surface area contributed by atoms with Crippen molar-refractivity contribution >= 4 is 11.9 Å². The van der Waals surface area contributed by atoms with E-state index in [2.05, 4.69) is 5.32 Å². The van der Waals surface area contributed by atoms with Gasteiger partial charge >= 0.3 is 5.97 Å². The average molecular weight is 255 g/mol. The van der Waals surface area contributed by atoms with Gasteiger partial charge < -0.3 is 15.2 Å². The molecule has 1 unspecified atom stereocenters. The number of aliphatic carboxylic acids is 1. The van der Waals surface area contributed by atoms with Gasteiger partial charge in [0.2, 0.25) is 5.91 Å². The van der Waals surface area contributed by atoms with Crippen molar-refractivity contribution in [3.63, 3.8) is 0 Å². The van der Waals surface area contributed by atoms with Crippen molar-refractivity contribution in [2.75, 3.05) is 13.7 Å². The average Bonchev–Trinajstić information content (AvgIpc) is 2.34. The molecule has 2 N–H and O–H groups in total. The van der Waals surface area contributed by atoms with Crippen LogP contribution in [0, 0.1) is 5.82 Å². The van der Waals surface area contributed by atoms with Gasteiger partial charge in [0.25, 0.3) is 0 Å². The number of halogens is 1. The van der Waals surface area contributed by atoms with Crippen LogP contribution in [0.1, 0.15) is 18.0 Å². The number of benzene rings is 1. The summed E-state index contributed by atoms with van der Waals surface area (Å²) in [5.41, 5.74) is -0.0734. The molecule has 0 aliphatic heterocycles. The van der Waals surface area contributed by atoms with Crippen molar-refractivity contribution in [3.8, 4) is 0 Å². The quantitative estimate of drug-likeness (QED) is 0.798. The van der Waals surface area contributed by atoms with Gasteiger partial charge in [0, 0.05) is 19.1 Å². The Morgan fingerprint density at radius 3 is 2.67 bits per heavy atom. The summed E-state index contributed by atoms with van der Waals surface area (Å²) in [6, 6.07) is 4.04. The number of carboxylic acid groups (broad SMARTS) is 1. The summed E-state index contributed by atoms with van der Waals surface area (Å²) in [4.78, 5) is 22.5. The highest BCUT2D eigenvalue weighted by molar-refractivity contribution is 5.84. The third kappa shape index (κ3) is 3.81. The smallest absolute Gasteiger partial charge is 0.331 e. The van der Waals surface area contributed by atoms with Crippen molar-refractivity contribution in [1.29, 1.82) is 0 Å². The molecule has 1 rings (SSSR count). The first kappa shape index (κ1) is 14.1. The van der Waals surface area contributed by atoms with E-state index in [1.54, 1.807) is 0 Å². The fourth-order valence-corrected chi connectivity index (χ4v) is 1.41. The number of rotatable bonds is 6. The predicted molar refractivity (Wildman–Crippen MR) is 61.4 cm³/mol. The van der Waals surface area contributed by atoms with Crippen LogP contribution in [0.4, 0.5) is 4.39 Å². The van der Waals surface area contributed by atoms with Crippen molar-refractivity contribution < 1.29 is 23.8 Å². The van der Waals surface area contributed by atoms with E-state index in [-0.39, 0.29) is 18.6 Å². The van der Waals surface area contributed by atoms with Crippen LogP contribution in [0.15, 0.2) is 24.3 Å². The zero-order valence-corrected chi connectivity index (χ0v) is 9.85.